The predicted molar refractivity (Wildman–Crippen MR) is 76.4 cm³/mol. The second kappa shape index (κ2) is 6.25. The van der Waals surface area contributed by atoms with Gasteiger partial charge >= 0.3 is 0 Å². The Bertz CT molecular complexity index is 443. The molecule has 1 saturated carbocycles. The Labute approximate surface area is 120 Å². The Morgan fingerprint density at radius 1 is 1.15 bits per heavy atom. The van der Waals surface area contributed by atoms with Crippen molar-refractivity contribution in [1.29, 1.82) is 0 Å². The van der Waals surface area contributed by atoms with Crippen LogP contribution in [0.25, 0.3) is 0 Å². The molecule has 4 nitrogen and oxygen atoms in total. The normalized spacial score (nSPS) is 23.8. The van der Waals surface area contributed by atoms with Crippen LogP contribution in [0, 0.1) is 5.92 Å². The summed E-state index contributed by atoms with van der Waals surface area (Å²) >= 11 is 0. The number of carbonyl (C=O) groups excluding carboxylic acids is 1. The molecule has 0 unspecified atom stereocenters. The Hall–Kier alpha value is -1.58. The van der Waals surface area contributed by atoms with Crippen molar-refractivity contribution in [2.24, 2.45) is 5.92 Å². The van der Waals surface area contributed by atoms with Crippen molar-refractivity contribution >= 4 is 5.91 Å². The zero-order valence-electron chi connectivity index (χ0n) is 11.8. The lowest BCUT2D eigenvalue weighted by molar-refractivity contribution is -0.138. The molecule has 1 saturated heterocycles. The Morgan fingerprint density at radius 3 is 2.65 bits per heavy atom. The molecule has 0 spiro atoms. The van der Waals surface area contributed by atoms with Crippen LogP contribution in [-0.2, 0) is 4.79 Å². The SMILES string of the molecule is O=C(C1CCCC1)N1CCC[C@H](Oc2ccncc2)C1. The second-order valence-corrected chi connectivity index (χ2v) is 5.83. The summed E-state index contributed by atoms with van der Waals surface area (Å²) in [5.41, 5.74) is 0. The van der Waals surface area contributed by atoms with Crippen molar-refractivity contribution in [1.82, 2.24) is 9.88 Å². The molecule has 2 fully saturated rings. The smallest absolute Gasteiger partial charge is 0.225 e. The summed E-state index contributed by atoms with van der Waals surface area (Å²) in [5, 5.41) is 0. The van der Waals surface area contributed by atoms with Gasteiger partial charge in [0.05, 0.1) is 6.54 Å². The lowest BCUT2D eigenvalue weighted by Gasteiger charge is -2.34. The molecule has 1 aliphatic heterocycles. The van der Waals surface area contributed by atoms with Crippen molar-refractivity contribution in [3.05, 3.63) is 24.5 Å². The molecular weight excluding hydrogens is 252 g/mol. The maximum atomic E-state index is 12.5. The largest absolute Gasteiger partial charge is 0.488 e. The van der Waals surface area contributed by atoms with E-state index < -0.39 is 0 Å². The molecule has 2 aliphatic rings. The molecule has 0 aromatic carbocycles. The van der Waals surface area contributed by atoms with Gasteiger partial charge in [-0.2, -0.15) is 0 Å². The standard InChI is InChI=1S/C16H22N2O2/c19-16(13-4-1-2-5-13)18-11-3-6-15(12-18)20-14-7-9-17-10-8-14/h7-10,13,15H,1-6,11-12H2/t15-/m0/s1. The van der Waals surface area contributed by atoms with Crippen molar-refractivity contribution < 1.29 is 9.53 Å². The fourth-order valence-electron chi connectivity index (χ4n) is 3.27. The van der Waals surface area contributed by atoms with Crippen LogP contribution in [0.15, 0.2) is 24.5 Å². The molecule has 4 heteroatoms. The van der Waals surface area contributed by atoms with Crippen molar-refractivity contribution in [2.75, 3.05) is 13.1 Å². The highest BCUT2D eigenvalue weighted by Crippen LogP contribution is 2.28. The Morgan fingerprint density at radius 2 is 1.90 bits per heavy atom. The van der Waals surface area contributed by atoms with Gasteiger partial charge in [-0.25, -0.2) is 0 Å². The predicted octanol–water partition coefficient (Wildman–Crippen LogP) is 2.64. The first-order valence-electron chi connectivity index (χ1n) is 7.68. The molecular formula is C16H22N2O2. The molecule has 1 atom stereocenters. The lowest BCUT2D eigenvalue weighted by Crippen LogP contribution is -2.46. The molecule has 1 amide bonds. The maximum absolute atomic E-state index is 12.5. The first-order valence-corrected chi connectivity index (χ1v) is 7.68. The van der Waals surface area contributed by atoms with Crippen LogP contribution in [-0.4, -0.2) is 35.0 Å². The summed E-state index contributed by atoms with van der Waals surface area (Å²) < 4.78 is 5.96. The third-order valence-electron chi connectivity index (χ3n) is 4.35. The lowest BCUT2D eigenvalue weighted by atomic mass is 10.0. The summed E-state index contributed by atoms with van der Waals surface area (Å²) in [5.74, 6) is 1.47. The van der Waals surface area contributed by atoms with Crippen LogP contribution < -0.4 is 4.74 Å². The van der Waals surface area contributed by atoms with E-state index in [2.05, 4.69) is 4.98 Å². The maximum Gasteiger partial charge on any atom is 0.225 e. The van der Waals surface area contributed by atoms with Gasteiger partial charge in [0.15, 0.2) is 0 Å². The molecule has 0 bridgehead atoms. The number of nitrogens with zero attached hydrogens (tertiary/aromatic N) is 2. The van der Waals surface area contributed by atoms with Crippen LogP contribution in [0.3, 0.4) is 0 Å². The van der Waals surface area contributed by atoms with Crippen LogP contribution in [0.5, 0.6) is 5.75 Å². The van der Waals surface area contributed by atoms with Gasteiger partial charge < -0.3 is 9.64 Å². The van der Waals surface area contributed by atoms with Gasteiger partial charge in [0, 0.05) is 24.9 Å². The van der Waals surface area contributed by atoms with Gasteiger partial charge in [0.1, 0.15) is 11.9 Å². The van der Waals surface area contributed by atoms with E-state index in [1.54, 1.807) is 12.4 Å². The third-order valence-corrected chi connectivity index (χ3v) is 4.35. The molecule has 1 aliphatic carbocycles. The Kier molecular flexibility index (Phi) is 4.19. The first kappa shape index (κ1) is 13.4. The van der Waals surface area contributed by atoms with E-state index in [1.165, 1.54) is 12.8 Å². The van der Waals surface area contributed by atoms with E-state index in [0.717, 1.165) is 44.5 Å². The number of aromatic nitrogens is 1. The highest BCUT2D eigenvalue weighted by atomic mass is 16.5. The van der Waals surface area contributed by atoms with E-state index in [-0.39, 0.29) is 12.0 Å². The molecule has 0 N–H and O–H groups in total. The van der Waals surface area contributed by atoms with Crippen LogP contribution in [0.2, 0.25) is 0 Å². The highest BCUT2D eigenvalue weighted by Gasteiger charge is 2.31. The van der Waals surface area contributed by atoms with Crippen LogP contribution >= 0.6 is 0 Å². The number of amides is 1. The summed E-state index contributed by atoms with van der Waals surface area (Å²) in [6.45, 7) is 1.63. The minimum absolute atomic E-state index is 0.122. The fraction of sp³-hybridized carbons (Fsp3) is 0.625. The number of carbonyl (C=O) groups is 1. The topological polar surface area (TPSA) is 42.4 Å². The summed E-state index contributed by atoms with van der Waals surface area (Å²) in [6.07, 6.45) is 10.2. The van der Waals surface area contributed by atoms with Gasteiger partial charge in [-0.15, -0.1) is 0 Å². The second-order valence-electron chi connectivity index (χ2n) is 5.83. The van der Waals surface area contributed by atoms with Gasteiger partial charge in [-0.05, 0) is 37.8 Å². The molecule has 2 heterocycles. The average Bonchev–Trinajstić information content (AvgIpc) is 3.02. The summed E-state index contributed by atoms with van der Waals surface area (Å²) in [7, 11) is 0. The zero-order chi connectivity index (χ0) is 13.8. The van der Waals surface area contributed by atoms with E-state index in [1.807, 2.05) is 17.0 Å². The highest BCUT2D eigenvalue weighted by molar-refractivity contribution is 5.79. The fourth-order valence-corrected chi connectivity index (χ4v) is 3.27. The molecule has 1 aromatic rings. The van der Waals surface area contributed by atoms with Crippen molar-refractivity contribution in [3.63, 3.8) is 0 Å². The van der Waals surface area contributed by atoms with Crippen LogP contribution in [0.4, 0.5) is 0 Å². The monoisotopic (exact) mass is 274 g/mol. The number of hydrogen-bond donors (Lipinski definition) is 0. The van der Waals surface area contributed by atoms with E-state index >= 15 is 0 Å². The quantitative estimate of drug-likeness (QED) is 0.851. The van der Waals surface area contributed by atoms with Crippen molar-refractivity contribution in [3.8, 4) is 5.75 Å². The number of pyridine rings is 1. The zero-order valence-corrected chi connectivity index (χ0v) is 11.8. The number of likely N-dealkylation sites (tertiary alicyclic amines) is 1. The number of ether oxygens (including phenoxy) is 1. The molecule has 1 aromatic heterocycles. The summed E-state index contributed by atoms with van der Waals surface area (Å²) in [4.78, 5) is 18.5. The van der Waals surface area contributed by atoms with E-state index in [4.69, 9.17) is 4.74 Å². The van der Waals surface area contributed by atoms with Crippen molar-refractivity contribution in [2.45, 2.75) is 44.6 Å². The van der Waals surface area contributed by atoms with Gasteiger partial charge in [-0.1, -0.05) is 12.8 Å². The number of rotatable bonds is 3. The first-order chi connectivity index (χ1) is 9.83. The minimum atomic E-state index is 0.122. The Balaban J connectivity index is 1.57. The molecule has 0 radical (unpaired) electrons. The average molecular weight is 274 g/mol. The number of piperidine rings is 1. The van der Waals surface area contributed by atoms with E-state index in [9.17, 15) is 4.79 Å². The van der Waals surface area contributed by atoms with Gasteiger partial charge in [0.2, 0.25) is 5.91 Å². The summed E-state index contributed by atoms with van der Waals surface area (Å²) in [6, 6.07) is 3.75. The third kappa shape index (κ3) is 3.11. The van der Waals surface area contributed by atoms with E-state index in [0.29, 0.717) is 5.91 Å². The van der Waals surface area contributed by atoms with Gasteiger partial charge in [-0.3, -0.25) is 9.78 Å². The van der Waals surface area contributed by atoms with Gasteiger partial charge in [0.25, 0.3) is 0 Å². The molecule has 108 valence electrons. The molecule has 20 heavy (non-hydrogen) atoms. The number of hydrogen-bond acceptors (Lipinski definition) is 3. The van der Waals surface area contributed by atoms with Crippen LogP contribution in [0.1, 0.15) is 38.5 Å². The minimum Gasteiger partial charge on any atom is -0.488 e. The molecule has 3 rings (SSSR count).